The molecule has 1 heterocycles. The summed E-state index contributed by atoms with van der Waals surface area (Å²) < 4.78 is 42.1. The number of Topliss-reactive ketones (excluding diaryl/α,β-unsaturated/α-hetero) is 1. The molecule has 0 amide bonds. The highest BCUT2D eigenvalue weighted by Crippen LogP contribution is 2.43. The van der Waals surface area contributed by atoms with Crippen molar-refractivity contribution in [3.05, 3.63) is 53.8 Å². The van der Waals surface area contributed by atoms with E-state index in [1.165, 1.54) is 28.2 Å². The molecule has 0 saturated carbocycles. The molecular formula is C24H31FN2O4S2. The largest absolute Gasteiger partial charge is 0.386 e. The zero-order valence-corrected chi connectivity index (χ0v) is 21.0. The molecule has 3 rings (SSSR count). The van der Waals surface area contributed by atoms with Crippen LogP contribution >= 0.6 is 11.8 Å². The molecule has 0 bridgehead atoms. The second-order valence-electron chi connectivity index (χ2n) is 9.69. The minimum atomic E-state index is -4.06. The molecule has 1 atom stereocenters. The first-order valence-electron chi connectivity index (χ1n) is 10.8. The smallest absolute Gasteiger partial charge is 0.264 e. The molecule has 0 spiro atoms. The number of thioether (sulfide) groups is 1. The topological polar surface area (TPSA) is 101 Å². The Morgan fingerprint density at radius 3 is 2.39 bits per heavy atom. The quantitative estimate of drug-likeness (QED) is 0.570. The highest BCUT2D eigenvalue weighted by molar-refractivity contribution is 8.00. The first-order valence-corrected chi connectivity index (χ1v) is 13.2. The van der Waals surface area contributed by atoms with Crippen LogP contribution in [0, 0.1) is 5.82 Å². The number of ketones is 1. The minimum absolute atomic E-state index is 0.0474. The number of aliphatic hydroxyl groups is 1. The Morgan fingerprint density at radius 1 is 1.18 bits per heavy atom. The Morgan fingerprint density at radius 2 is 1.82 bits per heavy atom. The molecule has 2 aromatic carbocycles. The lowest BCUT2D eigenvalue weighted by molar-refractivity contribution is -0.119. The van der Waals surface area contributed by atoms with Crippen molar-refractivity contribution in [3.63, 3.8) is 0 Å². The Balaban J connectivity index is 2.02. The van der Waals surface area contributed by atoms with E-state index in [-0.39, 0.29) is 23.5 Å². The van der Waals surface area contributed by atoms with Gasteiger partial charge < -0.3 is 10.8 Å². The van der Waals surface area contributed by atoms with E-state index in [1.807, 2.05) is 13.8 Å². The average Bonchev–Trinajstić information content (AvgIpc) is 2.70. The van der Waals surface area contributed by atoms with Crippen molar-refractivity contribution in [2.75, 3.05) is 10.1 Å². The van der Waals surface area contributed by atoms with Crippen LogP contribution in [0.15, 0.2) is 52.3 Å². The van der Waals surface area contributed by atoms with Crippen LogP contribution in [0.2, 0.25) is 0 Å². The summed E-state index contributed by atoms with van der Waals surface area (Å²) in [5, 5.41) is 10.4. The second-order valence-corrected chi connectivity index (χ2v) is 12.6. The zero-order valence-electron chi connectivity index (χ0n) is 19.3. The van der Waals surface area contributed by atoms with Crippen molar-refractivity contribution < 1.29 is 22.7 Å². The summed E-state index contributed by atoms with van der Waals surface area (Å²) in [6.45, 7) is 7.02. The van der Waals surface area contributed by atoms with E-state index in [2.05, 4.69) is 0 Å². The number of nitrogens with two attached hydrogens (primary N) is 1. The molecule has 1 unspecified atom stereocenters. The Hall–Kier alpha value is -1.94. The van der Waals surface area contributed by atoms with Crippen molar-refractivity contribution in [2.45, 2.75) is 73.9 Å². The van der Waals surface area contributed by atoms with Crippen LogP contribution in [0.25, 0.3) is 0 Å². The van der Waals surface area contributed by atoms with Crippen LogP contribution in [-0.2, 0) is 20.4 Å². The fraction of sp³-hybridized carbons (Fsp3) is 0.458. The van der Waals surface area contributed by atoms with Crippen LogP contribution in [0.4, 0.5) is 10.1 Å². The predicted molar refractivity (Wildman–Crippen MR) is 129 cm³/mol. The van der Waals surface area contributed by atoms with Gasteiger partial charge in [0.2, 0.25) is 0 Å². The van der Waals surface area contributed by atoms with E-state index in [0.717, 1.165) is 12.1 Å². The van der Waals surface area contributed by atoms with E-state index in [0.29, 0.717) is 28.3 Å². The van der Waals surface area contributed by atoms with Crippen molar-refractivity contribution in [3.8, 4) is 0 Å². The summed E-state index contributed by atoms with van der Waals surface area (Å²) >= 11 is 1.46. The van der Waals surface area contributed by atoms with Crippen LogP contribution < -0.4 is 10.0 Å². The van der Waals surface area contributed by atoms with Gasteiger partial charge in [0, 0.05) is 29.0 Å². The molecule has 0 aliphatic carbocycles. The fourth-order valence-electron chi connectivity index (χ4n) is 3.66. The van der Waals surface area contributed by atoms with Gasteiger partial charge in [-0.05, 0) is 76.1 Å². The number of fused-ring (bicyclic) bond motifs is 1. The maximum absolute atomic E-state index is 13.7. The molecule has 1 aliphatic heterocycles. The summed E-state index contributed by atoms with van der Waals surface area (Å²) in [6.07, 6.45) is 0.817. The third-order valence-electron chi connectivity index (χ3n) is 5.55. The lowest BCUT2D eigenvalue weighted by Gasteiger charge is -2.38. The van der Waals surface area contributed by atoms with Gasteiger partial charge in [-0.25, -0.2) is 12.8 Å². The SMILES string of the molecule is CC(C)(N)CCC(=O)CC1CSc2cc(C(C)(C)O)ccc2N1S(=O)(=O)c1ccc(F)cc1. The van der Waals surface area contributed by atoms with Gasteiger partial charge >= 0.3 is 0 Å². The van der Waals surface area contributed by atoms with Crippen molar-refractivity contribution in [1.82, 2.24) is 0 Å². The Labute approximate surface area is 199 Å². The fourth-order valence-corrected chi connectivity index (χ4v) is 6.64. The number of anilines is 1. The van der Waals surface area contributed by atoms with Crippen LogP contribution in [0.3, 0.4) is 0 Å². The van der Waals surface area contributed by atoms with E-state index in [4.69, 9.17) is 5.73 Å². The normalized spacial score (nSPS) is 17.1. The van der Waals surface area contributed by atoms with Crippen LogP contribution in [0.5, 0.6) is 0 Å². The number of halogens is 1. The van der Waals surface area contributed by atoms with E-state index in [1.54, 1.807) is 32.0 Å². The molecule has 0 fully saturated rings. The number of benzene rings is 2. The first-order chi connectivity index (χ1) is 15.2. The predicted octanol–water partition coefficient (Wildman–Crippen LogP) is 4.20. The summed E-state index contributed by atoms with van der Waals surface area (Å²) in [7, 11) is -4.06. The summed E-state index contributed by atoms with van der Waals surface area (Å²) in [6, 6.07) is 9.20. The van der Waals surface area contributed by atoms with Gasteiger partial charge in [-0.1, -0.05) is 6.07 Å². The van der Waals surface area contributed by atoms with E-state index >= 15 is 0 Å². The van der Waals surface area contributed by atoms with Crippen molar-refractivity contribution in [2.24, 2.45) is 5.73 Å². The lowest BCUT2D eigenvalue weighted by atomic mass is 9.96. The number of rotatable bonds is 8. The number of carbonyl (C=O) groups excluding carboxylic acids is 1. The summed E-state index contributed by atoms with van der Waals surface area (Å²) in [5.74, 6) is -0.218. The van der Waals surface area contributed by atoms with Gasteiger partial charge in [0.25, 0.3) is 10.0 Å². The molecule has 0 aromatic heterocycles. The molecule has 3 N–H and O–H groups in total. The van der Waals surface area contributed by atoms with Gasteiger partial charge in [-0.2, -0.15) is 0 Å². The van der Waals surface area contributed by atoms with Crippen LogP contribution in [-0.4, -0.2) is 36.6 Å². The molecule has 33 heavy (non-hydrogen) atoms. The van der Waals surface area contributed by atoms with Gasteiger partial charge in [0.15, 0.2) is 0 Å². The van der Waals surface area contributed by atoms with Gasteiger partial charge in [0.05, 0.1) is 22.2 Å². The monoisotopic (exact) mass is 494 g/mol. The second kappa shape index (κ2) is 9.37. The molecule has 6 nitrogen and oxygen atoms in total. The van der Waals surface area contributed by atoms with Gasteiger partial charge in [-0.15, -0.1) is 11.8 Å². The third kappa shape index (κ3) is 6.15. The maximum Gasteiger partial charge on any atom is 0.264 e. The molecule has 1 aliphatic rings. The molecule has 0 radical (unpaired) electrons. The van der Waals surface area contributed by atoms with Crippen molar-refractivity contribution >= 4 is 33.3 Å². The lowest BCUT2D eigenvalue weighted by Crippen LogP contribution is -2.45. The van der Waals surface area contributed by atoms with Gasteiger partial charge in [-0.3, -0.25) is 9.10 Å². The Kier molecular flexibility index (Phi) is 7.29. The number of hydrogen-bond donors (Lipinski definition) is 2. The third-order valence-corrected chi connectivity index (χ3v) is 8.62. The maximum atomic E-state index is 13.7. The number of sulfonamides is 1. The average molecular weight is 495 g/mol. The summed E-state index contributed by atoms with van der Waals surface area (Å²) in [4.78, 5) is 13.4. The molecule has 180 valence electrons. The highest BCUT2D eigenvalue weighted by atomic mass is 32.2. The number of hydrogen-bond acceptors (Lipinski definition) is 6. The van der Waals surface area contributed by atoms with Gasteiger partial charge in [0.1, 0.15) is 11.6 Å². The van der Waals surface area contributed by atoms with Crippen molar-refractivity contribution in [1.29, 1.82) is 0 Å². The zero-order chi connectivity index (χ0) is 24.6. The number of nitrogens with zero attached hydrogens (tertiary/aromatic N) is 1. The van der Waals surface area contributed by atoms with Crippen LogP contribution in [0.1, 0.15) is 52.5 Å². The van der Waals surface area contributed by atoms with E-state index in [9.17, 15) is 22.7 Å². The highest BCUT2D eigenvalue weighted by Gasteiger charge is 2.38. The molecule has 0 saturated heterocycles. The molecule has 2 aromatic rings. The van der Waals surface area contributed by atoms with E-state index < -0.39 is 33.0 Å². The first kappa shape index (κ1) is 25.7. The molecule has 9 heteroatoms. The summed E-state index contributed by atoms with van der Waals surface area (Å²) in [5.41, 5.74) is 5.53. The minimum Gasteiger partial charge on any atom is -0.386 e. The Bertz CT molecular complexity index is 1120. The number of carbonyl (C=O) groups is 1. The molecular weight excluding hydrogens is 463 g/mol. The standard InChI is InChI=1S/C24H31FN2O4S2/c1-23(2,26)12-11-19(28)14-18-15-32-22-13-16(24(3,4)29)5-10-21(22)27(18)33(30,31)20-8-6-17(25)7-9-20/h5-10,13,18,29H,11-12,14-15,26H2,1-4H3.